The summed E-state index contributed by atoms with van der Waals surface area (Å²) < 4.78 is 0. The third-order valence-corrected chi connectivity index (χ3v) is 5.25. The van der Waals surface area contributed by atoms with E-state index in [9.17, 15) is 0 Å². The van der Waals surface area contributed by atoms with Gasteiger partial charge in [0.05, 0.1) is 0 Å². The maximum atomic E-state index is 6.17. The largest absolute Gasteiger partial charge is 0.367 e. The highest BCUT2D eigenvalue weighted by atomic mass is 35.5. The Morgan fingerprint density at radius 1 is 1.30 bits per heavy atom. The van der Waals surface area contributed by atoms with Crippen molar-refractivity contribution in [2.45, 2.75) is 63.6 Å². The van der Waals surface area contributed by atoms with Crippen molar-refractivity contribution in [1.29, 1.82) is 0 Å². The van der Waals surface area contributed by atoms with Gasteiger partial charge in [0.25, 0.3) is 0 Å². The second kappa shape index (κ2) is 5.86. The molecule has 2 aliphatic rings. The molecule has 3 heterocycles. The Morgan fingerprint density at radius 3 is 2.65 bits per heavy atom. The van der Waals surface area contributed by atoms with Gasteiger partial charge in [0.2, 0.25) is 0 Å². The summed E-state index contributed by atoms with van der Waals surface area (Å²) in [5.41, 5.74) is 1.04. The molecule has 1 aromatic heterocycles. The van der Waals surface area contributed by atoms with Gasteiger partial charge in [-0.05, 0) is 39.2 Å². The maximum absolute atomic E-state index is 6.17. The number of hydrogen-bond donors (Lipinski definition) is 1. The van der Waals surface area contributed by atoms with Crippen LogP contribution in [0.5, 0.6) is 0 Å². The van der Waals surface area contributed by atoms with Crippen molar-refractivity contribution in [3.63, 3.8) is 0 Å². The van der Waals surface area contributed by atoms with E-state index in [-0.39, 0.29) is 0 Å². The molecule has 4 nitrogen and oxygen atoms in total. The van der Waals surface area contributed by atoms with Gasteiger partial charge in [-0.15, -0.1) is 0 Å². The lowest BCUT2D eigenvalue weighted by Crippen LogP contribution is -2.52. The molecule has 1 aromatic rings. The van der Waals surface area contributed by atoms with Crippen LogP contribution in [0.3, 0.4) is 0 Å². The Balaban J connectivity index is 1.74. The smallest absolute Gasteiger partial charge is 0.137 e. The van der Waals surface area contributed by atoms with E-state index in [0.717, 1.165) is 29.9 Å². The van der Waals surface area contributed by atoms with Crippen LogP contribution in [0.15, 0.2) is 6.33 Å². The number of nitrogens with zero attached hydrogens (tertiary/aromatic N) is 3. The van der Waals surface area contributed by atoms with Crippen molar-refractivity contribution in [2.75, 3.05) is 12.4 Å². The van der Waals surface area contributed by atoms with Crippen molar-refractivity contribution in [3.05, 3.63) is 17.0 Å². The van der Waals surface area contributed by atoms with E-state index in [1.165, 1.54) is 32.1 Å². The number of piperidine rings is 2. The molecule has 0 radical (unpaired) electrons. The second-order valence-electron chi connectivity index (χ2n) is 6.06. The molecule has 2 atom stereocenters. The average molecular weight is 295 g/mol. The van der Waals surface area contributed by atoms with Crippen molar-refractivity contribution in [2.24, 2.45) is 0 Å². The fourth-order valence-electron chi connectivity index (χ4n) is 3.76. The summed E-state index contributed by atoms with van der Waals surface area (Å²) in [6.07, 6.45) is 8.87. The zero-order valence-electron chi connectivity index (χ0n) is 12.3. The molecule has 0 amide bonds. The molecule has 110 valence electrons. The van der Waals surface area contributed by atoms with Gasteiger partial charge in [-0.1, -0.05) is 24.9 Å². The maximum Gasteiger partial charge on any atom is 0.137 e. The van der Waals surface area contributed by atoms with Gasteiger partial charge < -0.3 is 10.2 Å². The first-order valence-electron chi connectivity index (χ1n) is 7.67. The summed E-state index contributed by atoms with van der Waals surface area (Å²) >= 11 is 6.17. The molecule has 0 aromatic carbocycles. The van der Waals surface area contributed by atoms with Crippen LogP contribution in [0.4, 0.5) is 5.82 Å². The fourth-order valence-corrected chi connectivity index (χ4v) is 4.02. The Hall–Kier alpha value is -0.870. The van der Waals surface area contributed by atoms with Gasteiger partial charge in [-0.25, -0.2) is 9.97 Å². The predicted octanol–water partition coefficient (Wildman–Crippen LogP) is 3.12. The summed E-state index contributed by atoms with van der Waals surface area (Å²) in [6.45, 7) is 2.10. The SMILES string of the molecule is CCc1c(Cl)ncnc1NC1CC2CCCC(C1)N2C. The Bertz CT molecular complexity index is 465. The van der Waals surface area contributed by atoms with Crippen molar-refractivity contribution >= 4 is 17.4 Å². The second-order valence-corrected chi connectivity index (χ2v) is 6.42. The van der Waals surface area contributed by atoms with E-state index in [1.54, 1.807) is 6.33 Å². The first-order valence-corrected chi connectivity index (χ1v) is 8.04. The molecule has 3 rings (SSSR count). The normalized spacial score (nSPS) is 30.2. The van der Waals surface area contributed by atoms with Gasteiger partial charge in [-0.2, -0.15) is 0 Å². The minimum atomic E-state index is 0.512. The third-order valence-electron chi connectivity index (χ3n) is 4.93. The molecular weight excluding hydrogens is 272 g/mol. The molecule has 20 heavy (non-hydrogen) atoms. The lowest BCUT2D eigenvalue weighted by atomic mass is 9.82. The highest BCUT2D eigenvalue weighted by Crippen LogP contribution is 2.34. The number of fused-ring (bicyclic) bond motifs is 2. The summed E-state index contributed by atoms with van der Waals surface area (Å²) in [5.74, 6) is 0.931. The van der Waals surface area contributed by atoms with E-state index in [2.05, 4.69) is 34.2 Å². The van der Waals surface area contributed by atoms with Crippen LogP contribution < -0.4 is 5.32 Å². The summed E-state index contributed by atoms with van der Waals surface area (Å²) in [4.78, 5) is 11.1. The minimum Gasteiger partial charge on any atom is -0.367 e. The molecule has 0 aliphatic carbocycles. The van der Waals surface area contributed by atoms with E-state index in [4.69, 9.17) is 11.6 Å². The molecule has 2 fully saturated rings. The number of aromatic nitrogens is 2. The van der Waals surface area contributed by atoms with Gasteiger partial charge in [-0.3, -0.25) is 0 Å². The van der Waals surface area contributed by atoms with Crippen molar-refractivity contribution < 1.29 is 0 Å². The molecular formula is C15H23ClN4. The monoisotopic (exact) mass is 294 g/mol. The molecule has 2 bridgehead atoms. The zero-order chi connectivity index (χ0) is 14.1. The van der Waals surface area contributed by atoms with Crippen LogP contribution in [0.2, 0.25) is 5.15 Å². The molecule has 2 saturated heterocycles. The van der Waals surface area contributed by atoms with Crippen LogP contribution >= 0.6 is 11.6 Å². The van der Waals surface area contributed by atoms with E-state index < -0.39 is 0 Å². The number of halogens is 1. The highest BCUT2D eigenvalue weighted by Gasteiger charge is 2.36. The number of nitrogens with one attached hydrogen (secondary N) is 1. The average Bonchev–Trinajstić information content (AvgIpc) is 2.40. The number of rotatable bonds is 3. The molecule has 2 unspecified atom stereocenters. The van der Waals surface area contributed by atoms with Crippen LogP contribution in [-0.4, -0.2) is 40.0 Å². The third kappa shape index (κ3) is 2.63. The van der Waals surface area contributed by atoms with Crippen molar-refractivity contribution in [1.82, 2.24) is 14.9 Å². The Kier molecular flexibility index (Phi) is 4.13. The van der Waals surface area contributed by atoms with Crippen molar-refractivity contribution in [3.8, 4) is 0 Å². The fraction of sp³-hybridized carbons (Fsp3) is 0.733. The first-order chi connectivity index (χ1) is 9.69. The standard InChI is InChI=1S/C15H23ClN4/c1-3-13-14(16)17-9-18-15(13)19-10-7-11-5-4-6-12(8-10)20(11)2/h9-12H,3-8H2,1-2H3,(H,17,18,19). The van der Waals surface area contributed by atoms with Gasteiger partial charge in [0.1, 0.15) is 17.3 Å². The van der Waals surface area contributed by atoms with Gasteiger partial charge in [0.15, 0.2) is 0 Å². The van der Waals surface area contributed by atoms with Crippen LogP contribution in [0.1, 0.15) is 44.6 Å². The van der Waals surface area contributed by atoms with E-state index in [0.29, 0.717) is 11.2 Å². The molecule has 0 saturated carbocycles. The number of hydrogen-bond acceptors (Lipinski definition) is 4. The summed E-state index contributed by atoms with van der Waals surface area (Å²) in [5, 5.41) is 4.21. The summed E-state index contributed by atoms with van der Waals surface area (Å²) in [6, 6.07) is 1.96. The van der Waals surface area contributed by atoms with Gasteiger partial charge >= 0.3 is 0 Å². The lowest BCUT2D eigenvalue weighted by molar-refractivity contribution is 0.0607. The van der Waals surface area contributed by atoms with Gasteiger partial charge in [0, 0.05) is 23.7 Å². The van der Waals surface area contributed by atoms with Crippen LogP contribution in [0, 0.1) is 0 Å². The summed E-state index contributed by atoms with van der Waals surface area (Å²) in [7, 11) is 2.28. The molecule has 5 heteroatoms. The quantitative estimate of drug-likeness (QED) is 0.870. The molecule has 0 spiro atoms. The minimum absolute atomic E-state index is 0.512. The van der Waals surface area contributed by atoms with E-state index in [1.807, 2.05) is 0 Å². The molecule has 2 aliphatic heterocycles. The Labute approximate surface area is 125 Å². The predicted molar refractivity (Wildman–Crippen MR) is 82.3 cm³/mol. The number of anilines is 1. The lowest BCUT2D eigenvalue weighted by Gasteiger charge is -2.47. The highest BCUT2D eigenvalue weighted by molar-refractivity contribution is 6.30. The zero-order valence-corrected chi connectivity index (χ0v) is 13.0. The topological polar surface area (TPSA) is 41.1 Å². The van der Waals surface area contributed by atoms with E-state index >= 15 is 0 Å². The molecule has 1 N–H and O–H groups in total. The first kappa shape index (κ1) is 14.1. The Morgan fingerprint density at radius 2 is 2.00 bits per heavy atom. The van der Waals surface area contributed by atoms with Crippen LogP contribution in [0.25, 0.3) is 0 Å². The van der Waals surface area contributed by atoms with Crippen LogP contribution in [-0.2, 0) is 6.42 Å².